The van der Waals surface area contributed by atoms with Crippen LogP contribution in [0.5, 0.6) is 0 Å². The normalized spacial score (nSPS) is 14.0. The van der Waals surface area contributed by atoms with Crippen molar-refractivity contribution in [2.45, 2.75) is 136 Å². The summed E-state index contributed by atoms with van der Waals surface area (Å²) in [6.07, 6.45) is 19.7. The zero-order chi connectivity index (χ0) is 26.7. The van der Waals surface area contributed by atoms with E-state index in [-0.39, 0.29) is 32.3 Å². The maximum Gasteiger partial charge on any atom is 0.472 e. The molecule has 0 heterocycles. The van der Waals surface area contributed by atoms with Crippen molar-refractivity contribution in [2.24, 2.45) is 5.73 Å². The van der Waals surface area contributed by atoms with Crippen molar-refractivity contribution >= 4 is 13.8 Å². The van der Waals surface area contributed by atoms with Crippen LogP contribution in [0.15, 0.2) is 0 Å². The Hall–Kier alpha value is -0.500. The van der Waals surface area contributed by atoms with E-state index in [1.165, 1.54) is 77.0 Å². The van der Waals surface area contributed by atoms with Crippen molar-refractivity contribution in [1.29, 1.82) is 0 Å². The van der Waals surface area contributed by atoms with Gasteiger partial charge in [0.05, 0.1) is 19.8 Å². The number of esters is 1. The van der Waals surface area contributed by atoms with Gasteiger partial charge in [-0.2, -0.15) is 0 Å². The molecule has 8 nitrogen and oxygen atoms in total. The molecule has 0 bridgehead atoms. The van der Waals surface area contributed by atoms with Crippen LogP contribution in [0.1, 0.15) is 129 Å². The van der Waals surface area contributed by atoms with Gasteiger partial charge in [0.1, 0.15) is 6.10 Å². The van der Waals surface area contributed by atoms with E-state index < -0.39 is 13.9 Å². The lowest BCUT2D eigenvalue weighted by Crippen LogP contribution is -2.28. The molecule has 0 aromatic rings. The molecule has 0 aliphatic heterocycles. The van der Waals surface area contributed by atoms with Crippen LogP contribution in [-0.4, -0.2) is 49.9 Å². The van der Waals surface area contributed by atoms with Gasteiger partial charge >= 0.3 is 13.8 Å². The smallest absolute Gasteiger partial charge is 0.457 e. The molecule has 0 spiro atoms. The summed E-state index contributed by atoms with van der Waals surface area (Å²) in [6.45, 7) is 4.87. The summed E-state index contributed by atoms with van der Waals surface area (Å²) in [5.41, 5.74) is 5.31. The molecule has 2 atom stereocenters. The molecule has 0 fully saturated rings. The number of nitrogens with two attached hydrogens (primary N) is 1. The third-order valence-electron chi connectivity index (χ3n) is 6.02. The summed E-state index contributed by atoms with van der Waals surface area (Å²) in [7, 11) is -4.24. The zero-order valence-electron chi connectivity index (χ0n) is 23.3. The third-order valence-corrected chi connectivity index (χ3v) is 7.01. The Labute approximate surface area is 221 Å². The molecule has 0 radical (unpaired) electrons. The average molecular weight is 538 g/mol. The molecular weight excluding hydrogens is 481 g/mol. The van der Waals surface area contributed by atoms with E-state index >= 15 is 0 Å². The molecule has 0 aromatic carbocycles. The number of carbonyl (C=O) groups excluding carboxylic acids is 1. The van der Waals surface area contributed by atoms with Gasteiger partial charge in [-0.25, -0.2) is 4.57 Å². The predicted octanol–water partition coefficient (Wildman–Crippen LogP) is 7.07. The zero-order valence-corrected chi connectivity index (χ0v) is 24.2. The second-order valence-corrected chi connectivity index (χ2v) is 11.1. The maximum absolute atomic E-state index is 12.3. The molecule has 0 saturated carbocycles. The summed E-state index contributed by atoms with van der Waals surface area (Å²) in [6, 6.07) is 0. The van der Waals surface area contributed by atoms with Crippen LogP contribution in [0.4, 0.5) is 0 Å². The summed E-state index contributed by atoms with van der Waals surface area (Å²) in [5.74, 6) is -0.335. The van der Waals surface area contributed by atoms with E-state index in [9.17, 15) is 14.3 Å². The fourth-order valence-corrected chi connectivity index (χ4v) is 4.64. The highest BCUT2D eigenvalue weighted by molar-refractivity contribution is 7.47. The van der Waals surface area contributed by atoms with Crippen LogP contribution in [0.2, 0.25) is 0 Å². The number of phosphoric ester groups is 1. The summed E-state index contributed by atoms with van der Waals surface area (Å²) < 4.78 is 32.9. The molecule has 0 rings (SSSR count). The fourth-order valence-electron chi connectivity index (χ4n) is 3.88. The molecule has 0 amide bonds. The van der Waals surface area contributed by atoms with Crippen LogP contribution >= 0.6 is 7.82 Å². The molecule has 0 aliphatic carbocycles. The Morgan fingerprint density at radius 2 is 1.22 bits per heavy atom. The molecule has 3 N–H and O–H groups in total. The van der Waals surface area contributed by atoms with Gasteiger partial charge in [0, 0.05) is 19.6 Å². The minimum Gasteiger partial charge on any atom is -0.457 e. The monoisotopic (exact) mass is 537 g/mol. The van der Waals surface area contributed by atoms with Crippen LogP contribution in [0.3, 0.4) is 0 Å². The summed E-state index contributed by atoms with van der Waals surface area (Å²) >= 11 is 0. The van der Waals surface area contributed by atoms with Gasteiger partial charge < -0.3 is 20.1 Å². The Balaban J connectivity index is 4.20. The lowest BCUT2D eigenvalue weighted by molar-refractivity contribution is -0.154. The largest absolute Gasteiger partial charge is 0.472 e. The average Bonchev–Trinajstić information content (AvgIpc) is 2.86. The minimum absolute atomic E-state index is 0.0915. The summed E-state index contributed by atoms with van der Waals surface area (Å²) in [4.78, 5) is 22.1. The summed E-state index contributed by atoms with van der Waals surface area (Å²) in [5, 5.41) is 0. The van der Waals surface area contributed by atoms with Gasteiger partial charge in [-0.3, -0.25) is 13.8 Å². The van der Waals surface area contributed by atoms with Gasteiger partial charge in [0.25, 0.3) is 0 Å². The number of unbranched alkanes of at least 4 members (excludes halogenated alkanes) is 15. The van der Waals surface area contributed by atoms with E-state index in [0.717, 1.165) is 32.1 Å². The molecule has 0 aliphatic rings. The quantitative estimate of drug-likeness (QED) is 0.0618. The van der Waals surface area contributed by atoms with Gasteiger partial charge in [-0.1, -0.05) is 110 Å². The first-order chi connectivity index (χ1) is 17.4. The number of hydrogen-bond acceptors (Lipinski definition) is 7. The molecule has 0 saturated heterocycles. The highest BCUT2D eigenvalue weighted by atomic mass is 31.2. The van der Waals surface area contributed by atoms with Crippen molar-refractivity contribution < 1.29 is 32.8 Å². The maximum atomic E-state index is 12.3. The van der Waals surface area contributed by atoms with Crippen LogP contribution in [-0.2, 0) is 27.9 Å². The second kappa shape index (κ2) is 26.1. The SMILES string of the molecule is CCCCCCCCCCCC(=O)OC(COCCCCCCCCCC)COP(=O)(O)OCCN. The van der Waals surface area contributed by atoms with Gasteiger partial charge in [0.2, 0.25) is 0 Å². The van der Waals surface area contributed by atoms with Gasteiger partial charge in [-0.05, 0) is 12.8 Å². The topological polar surface area (TPSA) is 117 Å². The third kappa shape index (κ3) is 25.2. The number of carbonyl (C=O) groups is 1. The van der Waals surface area contributed by atoms with Crippen molar-refractivity contribution in [3.05, 3.63) is 0 Å². The number of rotatable bonds is 28. The minimum atomic E-state index is -4.24. The van der Waals surface area contributed by atoms with E-state index in [2.05, 4.69) is 13.8 Å². The highest BCUT2D eigenvalue weighted by Crippen LogP contribution is 2.43. The Morgan fingerprint density at radius 3 is 1.75 bits per heavy atom. The second-order valence-electron chi connectivity index (χ2n) is 9.63. The molecule has 0 aromatic heterocycles. The predicted molar refractivity (Wildman–Crippen MR) is 146 cm³/mol. The highest BCUT2D eigenvalue weighted by Gasteiger charge is 2.25. The number of hydrogen-bond donors (Lipinski definition) is 2. The molecule has 216 valence electrons. The molecule has 9 heteroatoms. The Kier molecular flexibility index (Phi) is 25.8. The first-order valence-electron chi connectivity index (χ1n) is 14.5. The van der Waals surface area contributed by atoms with Crippen LogP contribution in [0, 0.1) is 0 Å². The molecular formula is C27H56NO7P. The van der Waals surface area contributed by atoms with E-state index in [1.807, 2.05) is 0 Å². The first-order valence-corrected chi connectivity index (χ1v) is 16.0. The molecule has 36 heavy (non-hydrogen) atoms. The van der Waals surface area contributed by atoms with Crippen molar-refractivity contribution in [3.8, 4) is 0 Å². The molecule has 2 unspecified atom stereocenters. The Bertz CT molecular complexity index is 536. The Morgan fingerprint density at radius 1 is 0.722 bits per heavy atom. The van der Waals surface area contributed by atoms with E-state index in [4.69, 9.17) is 24.3 Å². The van der Waals surface area contributed by atoms with Crippen molar-refractivity contribution in [1.82, 2.24) is 0 Å². The van der Waals surface area contributed by atoms with Crippen molar-refractivity contribution in [2.75, 3.05) is 33.0 Å². The van der Waals surface area contributed by atoms with Gasteiger partial charge in [0.15, 0.2) is 0 Å². The van der Waals surface area contributed by atoms with Gasteiger partial charge in [-0.15, -0.1) is 0 Å². The lowest BCUT2D eigenvalue weighted by Gasteiger charge is -2.20. The van der Waals surface area contributed by atoms with E-state index in [0.29, 0.717) is 13.0 Å². The van der Waals surface area contributed by atoms with Crippen LogP contribution in [0.25, 0.3) is 0 Å². The standard InChI is InChI=1S/C27H56NO7P/c1-3-5-7-9-11-13-14-16-18-20-27(29)35-26(25-34-36(30,31)33-23-21-28)24-32-22-19-17-15-12-10-8-6-4-2/h26H,3-25,28H2,1-2H3,(H,30,31). The lowest BCUT2D eigenvalue weighted by atomic mass is 10.1. The van der Waals surface area contributed by atoms with Crippen LogP contribution < -0.4 is 5.73 Å². The number of ether oxygens (including phenoxy) is 2. The first kappa shape index (κ1) is 35.5. The number of phosphoric acid groups is 1. The van der Waals surface area contributed by atoms with Crippen molar-refractivity contribution in [3.63, 3.8) is 0 Å². The fraction of sp³-hybridized carbons (Fsp3) is 0.963. The van der Waals surface area contributed by atoms with E-state index in [1.54, 1.807) is 0 Å².